The van der Waals surface area contributed by atoms with E-state index in [1.165, 1.54) is 0 Å². The third kappa shape index (κ3) is 4.36. The summed E-state index contributed by atoms with van der Waals surface area (Å²) < 4.78 is 0. The highest BCUT2D eigenvalue weighted by Gasteiger charge is 2.12. The SMILES string of the molecule is NC[C@@H](N)CNC(=O)c1cc(-c2ccccc2)cc(-c2ccccc2)c1. The van der Waals surface area contributed by atoms with E-state index in [0.29, 0.717) is 18.7 Å². The first kappa shape index (κ1) is 17.9. The molecular weight excluding hydrogens is 322 g/mol. The summed E-state index contributed by atoms with van der Waals surface area (Å²) in [6.45, 7) is 0.686. The summed E-state index contributed by atoms with van der Waals surface area (Å²) >= 11 is 0. The Kier molecular flexibility index (Phi) is 5.79. The topological polar surface area (TPSA) is 81.1 Å². The molecule has 0 aliphatic rings. The van der Waals surface area contributed by atoms with E-state index < -0.39 is 0 Å². The average Bonchev–Trinajstić information content (AvgIpc) is 2.72. The number of nitrogens with two attached hydrogens (primary N) is 2. The van der Waals surface area contributed by atoms with Crippen LogP contribution in [-0.2, 0) is 0 Å². The summed E-state index contributed by atoms with van der Waals surface area (Å²) in [6.07, 6.45) is 0. The molecular formula is C22H23N3O. The molecule has 0 saturated heterocycles. The van der Waals surface area contributed by atoms with Crippen molar-refractivity contribution < 1.29 is 4.79 Å². The summed E-state index contributed by atoms with van der Waals surface area (Å²) in [7, 11) is 0. The molecule has 132 valence electrons. The number of carbonyl (C=O) groups is 1. The minimum atomic E-state index is -0.246. The predicted molar refractivity (Wildman–Crippen MR) is 107 cm³/mol. The lowest BCUT2D eigenvalue weighted by Gasteiger charge is -2.13. The number of rotatable bonds is 6. The molecule has 5 N–H and O–H groups in total. The number of hydrogen-bond donors (Lipinski definition) is 3. The van der Waals surface area contributed by atoms with Gasteiger partial charge < -0.3 is 16.8 Å². The van der Waals surface area contributed by atoms with Crippen LogP contribution in [0.4, 0.5) is 0 Å². The average molecular weight is 345 g/mol. The quantitative estimate of drug-likeness (QED) is 0.642. The highest BCUT2D eigenvalue weighted by atomic mass is 16.1. The summed E-state index contributed by atoms with van der Waals surface area (Å²) in [6, 6.07) is 25.7. The Balaban J connectivity index is 1.99. The van der Waals surface area contributed by atoms with Crippen molar-refractivity contribution in [1.29, 1.82) is 0 Å². The zero-order chi connectivity index (χ0) is 18.4. The second-order valence-corrected chi connectivity index (χ2v) is 6.24. The van der Waals surface area contributed by atoms with Crippen LogP contribution in [0.5, 0.6) is 0 Å². The second kappa shape index (κ2) is 8.43. The van der Waals surface area contributed by atoms with Crippen LogP contribution in [0.2, 0.25) is 0 Å². The normalized spacial score (nSPS) is 11.8. The Morgan fingerprint density at radius 1 is 0.808 bits per heavy atom. The van der Waals surface area contributed by atoms with Gasteiger partial charge in [-0.2, -0.15) is 0 Å². The predicted octanol–water partition coefficient (Wildman–Crippen LogP) is 3.04. The van der Waals surface area contributed by atoms with Crippen LogP contribution >= 0.6 is 0 Å². The molecule has 4 nitrogen and oxygen atoms in total. The van der Waals surface area contributed by atoms with Gasteiger partial charge in [-0.1, -0.05) is 60.7 Å². The fraction of sp³-hybridized carbons (Fsp3) is 0.136. The van der Waals surface area contributed by atoms with Crippen LogP contribution < -0.4 is 16.8 Å². The van der Waals surface area contributed by atoms with E-state index >= 15 is 0 Å². The van der Waals surface area contributed by atoms with Gasteiger partial charge in [0.05, 0.1) is 0 Å². The van der Waals surface area contributed by atoms with Crippen molar-refractivity contribution in [1.82, 2.24) is 5.32 Å². The molecule has 0 aliphatic carbocycles. The van der Waals surface area contributed by atoms with Gasteiger partial charge in [-0.05, 0) is 40.5 Å². The van der Waals surface area contributed by atoms with Gasteiger partial charge in [-0.3, -0.25) is 4.79 Å². The van der Waals surface area contributed by atoms with Gasteiger partial charge in [-0.15, -0.1) is 0 Å². The highest BCUT2D eigenvalue weighted by molar-refractivity contribution is 5.97. The van der Waals surface area contributed by atoms with Gasteiger partial charge in [0.25, 0.3) is 5.91 Å². The first-order valence-electron chi connectivity index (χ1n) is 8.67. The molecule has 0 radical (unpaired) electrons. The molecule has 3 rings (SSSR count). The van der Waals surface area contributed by atoms with E-state index in [9.17, 15) is 4.79 Å². The number of amides is 1. The lowest BCUT2D eigenvalue weighted by Crippen LogP contribution is -2.41. The summed E-state index contributed by atoms with van der Waals surface area (Å²) in [4.78, 5) is 12.6. The lowest BCUT2D eigenvalue weighted by molar-refractivity contribution is 0.0951. The zero-order valence-corrected chi connectivity index (χ0v) is 14.6. The Labute approximate surface area is 153 Å². The van der Waals surface area contributed by atoms with Crippen LogP contribution in [0.1, 0.15) is 10.4 Å². The van der Waals surface area contributed by atoms with Crippen molar-refractivity contribution in [2.45, 2.75) is 6.04 Å². The van der Waals surface area contributed by atoms with E-state index in [4.69, 9.17) is 11.5 Å². The maximum Gasteiger partial charge on any atom is 0.251 e. The Bertz CT molecular complexity index is 805. The first-order chi connectivity index (χ1) is 12.7. The lowest BCUT2D eigenvalue weighted by atomic mass is 9.96. The standard InChI is InChI=1S/C22H23N3O/c23-14-21(24)15-25-22(26)20-12-18(16-7-3-1-4-8-16)11-19(13-20)17-9-5-2-6-10-17/h1-13,21H,14-15,23-24H2,(H,25,26)/t21-/m1/s1. The Hall–Kier alpha value is -2.95. The number of nitrogens with one attached hydrogen (secondary N) is 1. The monoisotopic (exact) mass is 345 g/mol. The van der Waals surface area contributed by atoms with Gasteiger partial charge in [0.1, 0.15) is 0 Å². The molecule has 1 amide bonds. The molecule has 26 heavy (non-hydrogen) atoms. The molecule has 0 unspecified atom stereocenters. The minimum absolute atomic E-state index is 0.149. The summed E-state index contributed by atoms with van der Waals surface area (Å²) in [5, 5.41) is 2.86. The van der Waals surface area contributed by atoms with Crippen molar-refractivity contribution in [3.8, 4) is 22.3 Å². The highest BCUT2D eigenvalue weighted by Crippen LogP contribution is 2.28. The fourth-order valence-corrected chi connectivity index (χ4v) is 2.76. The molecule has 0 bridgehead atoms. The van der Waals surface area contributed by atoms with Gasteiger partial charge in [-0.25, -0.2) is 0 Å². The molecule has 3 aromatic carbocycles. The molecule has 0 aliphatic heterocycles. The summed E-state index contributed by atoms with van der Waals surface area (Å²) in [5.41, 5.74) is 16.1. The third-order valence-corrected chi connectivity index (χ3v) is 4.24. The molecule has 4 heteroatoms. The van der Waals surface area contributed by atoms with E-state index in [1.54, 1.807) is 0 Å². The van der Waals surface area contributed by atoms with Crippen molar-refractivity contribution in [3.05, 3.63) is 84.4 Å². The van der Waals surface area contributed by atoms with Gasteiger partial charge >= 0.3 is 0 Å². The van der Waals surface area contributed by atoms with E-state index in [2.05, 4.69) is 11.4 Å². The van der Waals surface area contributed by atoms with Crippen molar-refractivity contribution in [3.63, 3.8) is 0 Å². The maximum atomic E-state index is 12.6. The smallest absolute Gasteiger partial charge is 0.251 e. The fourth-order valence-electron chi connectivity index (χ4n) is 2.76. The van der Waals surface area contributed by atoms with Crippen LogP contribution in [0, 0.1) is 0 Å². The van der Waals surface area contributed by atoms with Crippen LogP contribution in [0.15, 0.2) is 78.9 Å². The van der Waals surface area contributed by atoms with Gasteiger partial charge in [0.2, 0.25) is 0 Å². The third-order valence-electron chi connectivity index (χ3n) is 4.24. The first-order valence-corrected chi connectivity index (χ1v) is 8.67. The van der Waals surface area contributed by atoms with E-state index in [1.807, 2.05) is 72.8 Å². The van der Waals surface area contributed by atoms with Crippen molar-refractivity contribution in [2.24, 2.45) is 11.5 Å². The number of hydrogen-bond acceptors (Lipinski definition) is 3. The maximum absolute atomic E-state index is 12.6. The van der Waals surface area contributed by atoms with Crippen LogP contribution in [0.25, 0.3) is 22.3 Å². The van der Waals surface area contributed by atoms with E-state index in [0.717, 1.165) is 22.3 Å². The minimum Gasteiger partial charge on any atom is -0.350 e. The van der Waals surface area contributed by atoms with Crippen LogP contribution in [-0.4, -0.2) is 25.0 Å². The zero-order valence-electron chi connectivity index (χ0n) is 14.6. The second-order valence-electron chi connectivity index (χ2n) is 6.24. The van der Waals surface area contributed by atoms with Crippen molar-refractivity contribution >= 4 is 5.91 Å². The molecule has 0 saturated carbocycles. The van der Waals surface area contributed by atoms with Gasteiger partial charge in [0, 0.05) is 24.7 Å². The summed E-state index contributed by atoms with van der Waals surface area (Å²) in [5.74, 6) is -0.149. The number of carbonyl (C=O) groups excluding carboxylic acids is 1. The van der Waals surface area contributed by atoms with Crippen LogP contribution in [0.3, 0.4) is 0 Å². The molecule has 0 heterocycles. The van der Waals surface area contributed by atoms with E-state index in [-0.39, 0.29) is 11.9 Å². The molecule has 0 aromatic heterocycles. The van der Waals surface area contributed by atoms with Crippen molar-refractivity contribution in [2.75, 3.05) is 13.1 Å². The Morgan fingerprint density at radius 2 is 1.31 bits per heavy atom. The largest absolute Gasteiger partial charge is 0.350 e. The molecule has 1 atom stereocenters. The Morgan fingerprint density at radius 3 is 1.77 bits per heavy atom. The molecule has 3 aromatic rings. The number of benzene rings is 3. The molecule has 0 spiro atoms. The van der Waals surface area contributed by atoms with Gasteiger partial charge in [0.15, 0.2) is 0 Å². The molecule has 0 fully saturated rings.